The molecule has 0 aliphatic rings. The first-order chi connectivity index (χ1) is 12.3. The number of nitrogens with one attached hydrogen (secondary N) is 2. The summed E-state index contributed by atoms with van der Waals surface area (Å²) >= 11 is 2.10. The molecule has 0 fully saturated rings. The summed E-state index contributed by atoms with van der Waals surface area (Å²) in [6, 6.07) is 0. The molecule has 0 bridgehead atoms. The van der Waals surface area contributed by atoms with Crippen molar-refractivity contribution in [2.45, 2.75) is 20.8 Å². The van der Waals surface area contributed by atoms with E-state index < -0.39 is 17.8 Å². The second-order valence-corrected chi connectivity index (χ2v) is 6.91. The van der Waals surface area contributed by atoms with Gasteiger partial charge in [-0.2, -0.15) is 0 Å². The minimum absolute atomic E-state index is 0.00728. The third-order valence-electron chi connectivity index (χ3n) is 3.07. The number of ether oxygens (including phenoxy) is 2. The lowest BCUT2D eigenvalue weighted by molar-refractivity contribution is -0.139. The average Bonchev–Trinajstić information content (AvgIpc) is 2.90. The zero-order chi connectivity index (χ0) is 19.7. The molecular formula is C16H22N2O6S2. The first kappa shape index (κ1) is 22.0. The van der Waals surface area contributed by atoms with Crippen molar-refractivity contribution in [1.82, 2.24) is 5.32 Å². The van der Waals surface area contributed by atoms with Gasteiger partial charge in [-0.25, -0.2) is 4.79 Å². The minimum atomic E-state index is -0.606. The summed E-state index contributed by atoms with van der Waals surface area (Å²) in [7, 11) is 1.48. The molecular weight excluding hydrogens is 380 g/mol. The summed E-state index contributed by atoms with van der Waals surface area (Å²) < 4.78 is 9.80. The van der Waals surface area contributed by atoms with Gasteiger partial charge in [0, 0.05) is 7.05 Å². The van der Waals surface area contributed by atoms with Crippen molar-refractivity contribution in [1.29, 1.82) is 0 Å². The molecule has 0 aromatic carbocycles. The van der Waals surface area contributed by atoms with Crippen LogP contribution < -0.4 is 10.6 Å². The van der Waals surface area contributed by atoms with Crippen LogP contribution in [0.25, 0.3) is 0 Å². The van der Waals surface area contributed by atoms with E-state index in [1.54, 1.807) is 20.8 Å². The van der Waals surface area contributed by atoms with E-state index in [1.807, 2.05) is 0 Å². The van der Waals surface area contributed by atoms with Crippen LogP contribution in [0, 0.1) is 6.92 Å². The number of anilines is 1. The third kappa shape index (κ3) is 6.03. The largest absolute Gasteiger partial charge is 0.465 e. The number of thiophene rings is 1. The van der Waals surface area contributed by atoms with E-state index in [9.17, 15) is 19.2 Å². The van der Waals surface area contributed by atoms with Crippen LogP contribution in [0.15, 0.2) is 0 Å². The van der Waals surface area contributed by atoms with Gasteiger partial charge >= 0.3 is 11.9 Å². The van der Waals surface area contributed by atoms with Crippen LogP contribution >= 0.6 is 23.1 Å². The third-order valence-corrected chi connectivity index (χ3v) is 5.18. The molecule has 0 atom stereocenters. The van der Waals surface area contributed by atoms with Crippen LogP contribution in [0.5, 0.6) is 0 Å². The maximum absolute atomic E-state index is 12.2. The maximum Gasteiger partial charge on any atom is 0.341 e. The SMILES string of the molecule is CCOC(=O)CSCC(=O)Nc1sc(C(=O)NC)c(C)c1C(=O)OCC. The summed E-state index contributed by atoms with van der Waals surface area (Å²) in [5.74, 6) is -1.69. The van der Waals surface area contributed by atoms with Gasteiger partial charge in [-0.3, -0.25) is 14.4 Å². The lowest BCUT2D eigenvalue weighted by atomic mass is 10.1. The van der Waals surface area contributed by atoms with E-state index in [2.05, 4.69) is 10.6 Å². The van der Waals surface area contributed by atoms with Crippen molar-refractivity contribution in [3.8, 4) is 0 Å². The van der Waals surface area contributed by atoms with Crippen LogP contribution in [0.3, 0.4) is 0 Å². The normalized spacial score (nSPS) is 10.2. The highest BCUT2D eigenvalue weighted by atomic mass is 32.2. The first-order valence-electron chi connectivity index (χ1n) is 7.91. The Morgan fingerprint density at radius 1 is 1.08 bits per heavy atom. The van der Waals surface area contributed by atoms with Crippen molar-refractivity contribution in [2.24, 2.45) is 0 Å². The number of rotatable bonds is 9. The van der Waals surface area contributed by atoms with E-state index in [0.29, 0.717) is 10.4 Å². The van der Waals surface area contributed by atoms with Crippen LogP contribution in [0.2, 0.25) is 0 Å². The van der Waals surface area contributed by atoms with Gasteiger partial charge < -0.3 is 20.1 Å². The van der Waals surface area contributed by atoms with Crippen molar-refractivity contribution in [3.05, 3.63) is 16.0 Å². The molecule has 0 unspecified atom stereocenters. The zero-order valence-electron chi connectivity index (χ0n) is 15.1. The molecule has 144 valence electrons. The Labute approximate surface area is 160 Å². The fourth-order valence-electron chi connectivity index (χ4n) is 1.97. The number of hydrogen-bond donors (Lipinski definition) is 2. The number of carbonyl (C=O) groups is 4. The first-order valence-corrected chi connectivity index (χ1v) is 9.88. The molecule has 10 heteroatoms. The van der Waals surface area contributed by atoms with Gasteiger partial charge in [-0.15, -0.1) is 23.1 Å². The fourth-order valence-corrected chi connectivity index (χ4v) is 3.74. The van der Waals surface area contributed by atoms with E-state index in [0.717, 1.165) is 23.1 Å². The average molecular weight is 402 g/mol. The number of carbonyl (C=O) groups excluding carboxylic acids is 4. The lowest BCUT2D eigenvalue weighted by Gasteiger charge is -2.07. The summed E-state index contributed by atoms with van der Waals surface area (Å²) in [5, 5.41) is 5.37. The van der Waals surface area contributed by atoms with E-state index in [-0.39, 0.29) is 41.2 Å². The molecule has 2 amide bonds. The smallest absolute Gasteiger partial charge is 0.341 e. The zero-order valence-corrected chi connectivity index (χ0v) is 16.7. The van der Waals surface area contributed by atoms with Gasteiger partial charge in [0.25, 0.3) is 5.91 Å². The molecule has 26 heavy (non-hydrogen) atoms. The molecule has 0 radical (unpaired) electrons. The van der Waals surface area contributed by atoms with Gasteiger partial charge in [0.1, 0.15) is 5.00 Å². The molecule has 0 saturated carbocycles. The van der Waals surface area contributed by atoms with Gasteiger partial charge in [-0.1, -0.05) is 0 Å². The maximum atomic E-state index is 12.2. The molecule has 2 N–H and O–H groups in total. The molecule has 0 spiro atoms. The van der Waals surface area contributed by atoms with Gasteiger partial charge in [-0.05, 0) is 26.3 Å². The van der Waals surface area contributed by atoms with Crippen molar-refractivity contribution < 1.29 is 28.7 Å². The molecule has 0 aliphatic carbocycles. The number of thioether (sulfide) groups is 1. The minimum Gasteiger partial charge on any atom is -0.465 e. The topological polar surface area (TPSA) is 111 Å². The Hall–Kier alpha value is -2.07. The molecule has 1 heterocycles. The number of amides is 2. The highest BCUT2D eigenvalue weighted by Crippen LogP contribution is 2.33. The summed E-state index contributed by atoms with van der Waals surface area (Å²) in [6.07, 6.45) is 0. The van der Waals surface area contributed by atoms with E-state index in [4.69, 9.17) is 9.47 Å². The molecule has 0 saturated heterocycles. The van der Waals surface area contributed by atoms with Crippen LogP contribution in [0.4, 0.5) is 5.00 Å². The van der Waals surface area contributed by atoms with Crippen LogP contribution in [-0.4, -0.2) is 55.5 Å². The van der Waals surface area contributed by atoms with Gasteiger partial charge in [0.05, 0.1) is 35.2 Å². The predicted octanol–water partition coefficient (Wildman–Crippen LogP) is 1.83. The molecule has 1 rings (SSSR count). The van der Waals surface area contributed by atoms with Gasteiger partial charge in [0.2, 0.25) is 5.91 Å². The summed E-state index contributed by atoms with van der Waals surface area (Å²) in [4.78, 5) is 47.9. The quantitative estimate of drug-likeness (QED) is 0.606. The van der Waals surface area contributed by atoms with Crippen LogP contribution in [-0.2, 0) is 19.1 Å². The number of hydrogen-bond acceptors (Lipinski definition) is 8. The van der Waals surface area contributed by atoms with Crippen LogP contribution in [0.1, 0.15) is 39.4 Å². The summed E-state index contributed by atoms with van der Waals surface area (Å²) in [5.41, 5.74) is 0.612. The molecule has 8 nitrogen and oxygen atoms in total. The van der Waals surface area contributed by atoms with Gasteiger partial charge in [0.15, 0.2) is 0 Å². The van der Waals surface area contributed by atoms with Crippen molar-refractivity contribution >= 4 is 51.9 Å². The Morgan fingerprint density at radius 2 is 1.73 bits per heavy atom. The molecule has 1 aromatic rings. The molecule has 0 aliphatic heterocycles. The Bertz CT molecular complexity index is 687. The lowest BCUT2D eigenvalue weighted by Crippen LogP contribution is -2.18. The van der Waals surface area contributed by atoms with E-state index >= 15 is 0 Å². The fraction of sp³-hybridized carbons (Fsp3) is 0.500. The second kappa shape index (κ2) is 10.8. The number of esters is 2. The van der Waals surface area contributed by atoms with E-state index in [1.165, 1.54) is 7.05 Å². The van der Waals surface area contributed by atoms with Crippen molar-refractivity contribution in [3.63, 3.8) is 0 Å². The highest BCUT2D eigenvalue weighted by molar-refractivity contribution is 8.00. The molecule has 1 aromatic heterocycles. The van der Waals surface area contributed by atoms with Crippen molar-refractivity contribution in [2.75, 3.05) is 37.1 Å². The Morgan fingerprint density at radius 3 is 2.31 bits per heavy atom. The predicted molar refractivity (Wildman–Crippen MR) is 101 cm³/mol. The standard InChI is InChI=1S/C16H22N2O6S2/c1-5-23-11(20)8-25-7-10(19)18-15-12(16(22)24-6-2)9(3)13(26-15)14(21)17-4/h5-8H2,1-4H3,(H,17,21)(H,18,19). The Balaban J connectivity index is 2.89. The monoisotopic (exact) mass is 402 g/mol. The summed E-state index contributed by atoms with van der Waals surface area (Å²) in [6.45, 7) is 5.45. The highest BCUT2D eigenvalue weighted by Gasteiger charge is 2.26. The second-order valence-electron chi connectivity index (χ2n) is 4.91. The Kier molecular flexibility index (Phi) is 9.14.